The standard InChI is InChI=1S/C12H13Br2NO3/c1-12(2)5-8(16)15-10-9(14)7(17-3)4-6(13)11(10)18-12/h4H,5H2,1-3H3,(H,15,16). The van der Waals surface area contributed by atoms with Crippen LogP contribution in [0.4, 0.5) is 5.69 Å². The summed E-state index contributed by atoms with van der Waals surface area (Å²) in [5.41, 5.74) is 0.0445. The first-order valence-corrected chi connectivity index (χ1v) is 6.97. The van der Waals surface area contributed by atoms with E-state index in [1.165, 1.54) is 0 Å². The van der Waals surface area contributed by atoms with Gasteiger partial charge in [0, 0.05) is 0 Å². The maximum Gasteiger partial charge on any atom is 0.228 e. The van der Waals surface area contributed by atoms with E-state index in [1.54, 1.807) is 13.2 Å². The van der Waals surface area contributed by atoms with Crippen molar-refractivity contribution < 1.29 is 14.3 Å². The highest BCUT2D eigenvalue weighted by Gasteiger charge is 2.32. The lowest BCUT2D eigenvalue weighted by molar-refractivity contribution is -0.118. The summed E-state index contributed by atoms with van der Waals surface area (Å²) in [5, 5.41) is 2.84. The molecule has 0 aromatic heterocycles. The van der Waals surface area contributed by atoms with Crippen LogP contribution in [0.25, 0.3) is 0 Å². The lowest BCUT2D eigenvalue weighted by Gasteiger charge is -2.24. The van der Waals surface area contributed by atoms with Gasteiger partial charge in [0.25, 0.3) is 0 Å². The van der Waals surface area contributed by atoms with Crippen LogP contribution in [0.2, 0.25) is 0 Å². The van der Waals surface area contributed by atoms with Crippen LogP contribution < -0.4 is 14.8 Å². The normalized spacial score (nSPS) is 17.3. The molecule has 98 valence electrons. The molecule has 1 N–H and O–H groups in total. The van der Waals surface area contributed by atoms with Crippen molar-refractivity contribution in [3.8, 4) is 11.5 Å². The summed E-state index contributed by atoms with van der Waals surface area (Å²) in [6.07, 6.45) is 0.295. The lowest BCUT2D eigenvalue weighted by atomic mass is 10.1. The number of carbonyl (C=O) groups excluding carboxylic acids is 1. The van der Waals surface area contributed by atoms with E-state index in [4.69, 9.17) is 9.47 Å². The Kier molecular flexibility index (Phi) is 3.60. The molecule has 2 rings (SSSR count). The molecule has 0 aliphatic carbocycles. The van der Waals surface area contributed by atoms with Crippen molar-refractivity contribution in [3.05, 3.63) is 15.0 Å². The molecule has 1 aromatic rings. The Bertz CT molecular complexity index is 515. The fourth-order valence-electron chi connectivity index (χ4n) is 1.83. The molecule has 18 heavy (non-hydrogen) atoms. The van der Waals surface area contributed by atoms with Crippen LogP contribution in [0.15, 0.2) is 15.0 Å². The van der Waals surface area contributed by atoms with E-state index >= 15 is 0 Å². The van der Waals surface area contributed by atoms with Crippen molar-refractivity contribution in [2.24, 2.45) is 0 Å². The summed E-state index contributed by atoms with van der Waals surface area (Å²) in [6, 6.07) is 1.80. The Balaban J connectivity index is 2.63. The molecule has 0 unspecified atom stereocenters. The molecule has 4 nitrogen and oxygen atoms in total. The van der Waals surface area contributed by atoms with Crippen LogP contribution in [0.5, 0.6) is 11.5 Å². The Morgan fingerprint density at radius 3 is 2.72 bits per heavy atom. The average Bonchev–Trinajstić information content (AvgIpc) is 2.38. The summed E-state index contributed by atoms with van der Waals surface area (Å²) in [5.74, 6) is 1.15. The first kappa shape index (κ1) is 13.7. The van der Waals surface area contributed by atoms with E-state index in [0.29, 0.717) is 28.1 Å². The van der Waals surface area contributed by atoms with Gasteiger partial charge in [0.15, 0.2) is 5.75 Å². The van der Waals surface area contributed by atoms with Crippen molar-refractivity contribution in [2.45, 2.75) is 25.9 Å². The molecule has 0 atom stereocenters. The van der Waals surface area contributed by atoms with Crippen molar-refractivity contribution in [1.82, 2.24) is 0 Å². The maximum absolute atomic E-state index is 11.9. The van der Waals surface area contributed by atoms with Crippen molar-refractivity contribution in [1.29, 1.82) is 0 Å². The number of benzene rings is 1. The Morgan fingerprint density at radius 2 is 2.11 bits per heavy atom. The van der Waals surface area contributed by atoms with Gasteiger partial charge in [-0.25, -0.2) is 0 Å². The highest BCUT2D eigenvalue weighted by Crippen LogP contribution is 2.47. The van der Waals surface area contributed by atoms with Crippen LogP contribution >= 0.6 is 31.9 Å². The molecule has 1 amide bonds. The third kappa shape index (κ3) is 2.49. The van der Waals surface area contributed by atoms with E-state index in [0.717, 1.165) is 4.47 Å². The van der Waals surface area contributed by atoms with Gasteiger partial charge < -0.3 is 14.8 Å². The largest absolute Gasteiger partial charge is 0.495 e. The minimum Gasteiger partial charge on any atom is -0.495 e. The van der Waals surface area contributed by atoms with E-state index in [9.17, 15) is 4.79 Å². The number of hydrogen-bond donors (Lipinski definition) is 1. The number of hydrogen-bond acceptors (Lipinski definition) is 3. The first-order valence-electron chi connectivity index (χ1n) is 5.39. The van der Waals surface area contributed by atoms with E-state index in [1.807, 2.05) is 13.8 Å². The predicted octanol–water partition coefficient (Wildman–Crippen LogP) is 3.72. The molecule has 0 spiro atoms. The van der Waals surface area contributed by atoms with Crippen LogP contribution in [0.1, 0.15) is 20.3 Å². The molecule has 1 aliphatic heterocycles. The first-order chi connectivity index (χ1) is 8.34. The zero-order chi connectivity index (χ0) is 13.5. The van der Waals surface area contributed by atoms with Gasteiger partial charge in [-0.05, 0) is 51.8 Å². The predicted molar refractivity (Wildman–Crippen MR) is 76.3 cm³/mol. The van der Waals surface area contributed by atoms with Crippen molar-refractivity contribution >= 4 is 43.5 Å². The zero-order valence-corrected chi connectivity index (χ0v) is 13.4. The van der Waals surface area contributed by atoms with Gasteiger partial charge in [-0.15, -0.1) is 0 Å². The molecular weight excluding hydrogens is 366 g/mol. The van der Waals surface area contributed by atoms with E-state index in [2.05, 4.69) is 37.2 Å². The Labute approximate surface area is 122 Å². The van der Waals surface area contributed by atoms with Crippen molar-refractivity contribution in [3.63, 3.8) is 0 Å². The number of carbonyl (C=O) groups is 1. The van der Waals surface area contributed by atoms with Gasteiger partial charge in [-0.1, -0.05) is 0 Å². The number of amides is 1. The number of ether oxygens (including phenoxy) is 2. The minimum absolute atomic E-state index is 0.0837. The second kappa shape index (κ2) is 4.74. The molecule has 1 aromatic carbocycles. The second-order valence-corrected chi connectivity index (χ2v) is 6.31. The fraction of sp³-hybridized carbons (Fsp3) is 0.417. The number of nitrogens with one attached hydrogen (secondary N) is 1. The van der Waals surface area contributed by atoms with E-state index in [-0.39, 0.29) is 5.91 Å². The number of halogens is 2. The molecule has 0 radical (unpaired) electrons. The summed E-state index contributed by atoms with van der Waals surface area (Å²) in [6.45, 7) is 3.76. The highest BCUT2D eigenvalue weighted by molar-refractivity contribution is 9.11. The number of anilines is 1. The van der Waals surface area contributed by atoms with Gasteiger partial charge in [-0.2, -0.15) is 0 Å². The summed E-state index contributed by atoms with van der Waals surface area (Å²) >= 11 is 6.86. The zero-order valence-electron chi connectivity index (χ0n) is 10.3. The van der Waals surface area contributed by atoms with Crippen LogP contribution in [-0.4, -0.2) is 18.6 Å². The number of rotatable bonds is 1. The van der Waals surface area contributed by atoms with Gasteiger partial charge in [0.05, 0.1) is 22.5 Å². The van der Waals surface area contributed by atoms with Gasteiger partial charge in [0.2, 0.25) is 5.91 Å². The molecular formula is C12H13Br2NO3. The molecule has 0 fully saturated rings. The van der Waals surface area contributed by atoms with Gasteiger partial charge >= 0.3 is 0 Å². The SMILES string of the molecule is COc1cc(Br)c2c(c1Br)NC(=O)CC(C)(C)O2. The third-order valence-corrected chi connectivity index (χ3v) is 3.96. The van der Waals surface area contributed by atoms with Crippen LogP contribution in [0.3, 0.4) is 0 Å². The molecule has 0 bridgehead atoms. The van der Waals surface area contributed by atoms with Crippen molar-refractivity contribution in [2.75, 3.05) is 12.4 Å². The monoisotopic (exact) mass is 377 g/mol. The lowest BCUT2D eigenvalue weighted by Crippen LogP contribution is -2.30. The summed E-state index contributed by atoms with van der Waals surface area (Å²) < 4.78 is 12.6. The quantitative estimate of drug-likeness (QED) is 0.810. The highest BCUT2D eigenvalue weighted by atomic mass is 79.9. The maximum atomic E-state index is 11.9. The van der Waals surface area contributed by atoms with Gasteiger partial charge in [0.1, 0.15) is 17.0 Å². The Morgan fingerprint density at radius 1 is 1.44 bits per heavy atom. The third-order valence-electron chi connectivity index (χ3n) is 2.59. The molecule has 0 saturated carbocycles. The fourth-order valence-corrected chi connectivity index (χ4v) is 2.87. The van der Waals surface area contributed by atoms with Crippen LogP contribution in [0, 0.1) is 0 Å². The summed E-state index contributed by atoms with van der Waals surface area (Å²) in [7, 11) is 1.57. The number of methoxy groups -OCH3 is 1. The molecule has 6 heteroatoms. The van der Waals surface area contributed by atoms with E-state index < -0.39 is 5.60 Å². The average molecular weight is 379 g/mol. The second-order valence-electron chi connectivity index (χ2n) is 4.67. The summed E-state index contributed by atoms with van der Waals surface area (Å²) in [4.78, 5) is 11.9. The molecule has 1 aliphatic rings. The smallest absolute Gasteiger partial charge is 0.228 e. The minimum atomic E-state index is -0.550. The topological polar surface area (TPSA) is 47.6 Å². The Hall–Kier alpha value is -0.750. The van der Waals surface area contributed by atoms with Gasteiger partial charge in [-0.3, -0.25) is 4.79 Å². The molecule has 1 heterocycles. The molecule has 0 saturated heterocycles. The van der Waals surface area contributed by atoms with Crippen LogP contribution in [-0.2, 0) is 4.79 Å². The number of fused-ring (bicyclic) bond motifs is 1.